The van der Waals surface area contributed by atoms with Gasteiger partial charge in [-0.3, -0.25) is 9.48 Å². The summed E-state index contributed by atoms with van der Waals surface area (Å²) in [5.41, 5.74) is 10.7. The van der Waals surface area contributed by atoms with Crippen LogP contribution in [0.3, 0.4) is 0 Å². The number of hydrogen-bond acceptors (Lipinski definition) is 4. The number of fused-ring (bicyclic) bond motifs is 1. The zero-order valence-electron chi connectivity index (χ0n) is 16.3. The van der Waals surface area contributed by atoms with Crippen LogP contribution in [-0.2, 0) is 13.0 Å². The molecule has 6 nitrogen and oxygen atoms in total. The Bertz CT molecular complexity index is 985. The van der Waals surface area contributed by atoms with Crippen molar-refractivity contribution >= 4 is 24.0 Å². The number of rotatable bonds is 5. The average molecular weight is 413 g/mol. The molecule has 1 heterocycles. The molecule has 1 aromatic heterocycles. The van der Waals surface area contributed by atoms with Crippen molar-refractivity contribution in [1.82, 2.24) is 15.1 Å². The number of hydrogen-bond donors (Lipinski definition) is 2. The van der Waals surface area contributed by atoms with Crippen molar-refractivity contribution in [3.05, 3.63) is 77.1 Å². The molecular weight excluding hydrogens is 388 g/mol. The second-order valence-corrected chi connectivity index (χ2v) is 7.15. The average Bonchev–Trinajstić information content (AvgIpc) is 3.17. The van der Waals surface area contributed by atoms with Crippen LogP contribution in [0.2, 0.25) is 0 Å². The number of carbonyl (C=O) groups is 1. The summed E-state index contributed by atoms with van der Waals surface area (Å²) in [4.78, 5) is 12.7. The van der Waals surface area contributed by atoms with Crippen LogP contribution >= 0.6 is 12.4 Å². The molecule has 1 aliphatic rings. The molecule has 2 aromatic carbocycles. The molecule has 0 fully saturated rings. The fourth-order valence-electron chi connectivity index (χ4n) is 3.71. The molecular formula is C22H25ClN4O2. The van der Waals surface area contributed by atoms with Gasteiger partial charge in [-0.2, -0.15) is 5.10 Å². The minimum Gasteiger partial charge on any atom is -0.497 e. The van der Waals surface area contributed by atoms with Gasteiger partial charge in [-0.05, 0) is 60.2 Å². The number of nitrogen functional groups attached to an aromatic ring is 1. The van der Waals surface area contributed by atoms with Gasteiger partial charge in [0.15, 0.2) is 0 Å². The van der Waals surface area contributed by atoms with Crippen molar-refractivity contribution in [3.8, 4) is 5.75 Å². The molecule has 0 aliphatic heterocycles. The van der Waals surface area contributed by atoms with E-state index in [1.807, 2.05) is 42.5 Å². The van der Waals surface area contributed by atoms with Crippen LogP contribution in [0.1, 0.15) is 45.9 Å². The maximum Gasteiger partial charge on any atom is 0.254 e. The molecule has 0 saturated carbocycles. The second-order valence-electron chi connectivity index (χ2n) is 7.15. The number of methoxy groups -OCH3 is 1. The molecule has 152 valence electrons. The Morgan fingerprint density at radius 2 is 2.07 bits per heavy atom. The van der Waals surface area contributed by atoms with E-state index in [0.717, 1.165) is 36.3 Å². The maximum atomic E-state index is 12.7. The van der Waals surface area contributed by atoms with Crippen molar-refractivity contribution in [2.24, 2.45) is 0 Å². The Morgan fingerprint density at radius 3 is 2.83 bits per heavy atom. The van der Waals surface area contributed by atoms with Crippen LogP contribution in [0.4, 0.5) is 5.69 Å². The number of nitrogens with one attached hydrogen (secondary N) is 1. The predicted octanol–water partition coefficient (Wildman–Crippen LogP) is 3.75. The highest BCUT2D eigenvalue weighted by molar-refractivity contribution is 5.94. The third-order valence-corrected chi connectivity index (χ3v) is 5.19. The van der Waals surface area contributed by atoms with Gasteiger partial charge in [0.2, 0.25) is 0 Å². The Kier molecular flexibility index (Phi) is 6.44. The summed E-state index contributed by atoms with van der Waals surface area (Å²) in [6.45, 7) is 0.600. The molecule has 29 heavy (non-hydrogen) atoms. The van der Waals surface area contributed by atoms with Crippen LogP contribution in [0.25, 0.3) is 0 Å². The minimum atomic E-state index is -0.101. The van der Waals surface area contributed by atoms with E-state index < -0.39 is 0 Å². The lowest BCUT2D eigenvalue weighted by atomic mass is 9.87. The minimum absolute atomic E-state index is 0. The van der Waals surface area contributed by atoms with Crippen LogP contribution in [0.5, 0.6) is 5.75 Å². The van der Waals surface area contributed by atoms with Gasteiger partial charge >= 0.3 is 0 Å². The molecule has 1 unspecified atom stereocenters. The first-order valence-corrected chi connectivity index (χ1v) is 9.47. The normalized spacial score (nSPS) is 15.1. The summed E-state index contributed by atoms with van der Waals surface area (Å²) < 4.78 is 6.95. The number of ether oxygens (including phenoxy) is 1. The van der Waals surface area contributed by atoms with E-state index in [1.54, 1.807) is 24.2 Å². The summed E-state index contributed by atoms with van der Waals surface area (Å²) in [5.74, 6) is 0.717. The highest BCUT2D eigenvalue weighted by atomic mass is 35.5. The van der Waals surface area contributed by atoms with Gasteiger partial charge < -0.3 is 15.8 Å². The van der Waals surface area contributed by atoms with E-state index in [2.05, 4.69) is 10.4 Å². The van der Waals surface area contributed by atoms with Gasteiger partial charge in [0.05, 0.1) is 31.5 Å². The maximum absolute atomic E-state index is 12.7. The summed E-state index contributed by atoms with van der Waals surface area (Å²) in [6, 6.07) is 13.8. The Morgan fingerprint density at radius 1 is 1.28 bits per heavy atom. The molecule has 0 radical (unpaired) electrons. The lowest BCUT2D eigenvalue weighted by molar-refractivity contribution is 0.0932. The van der Waals surface area contributed by atoms with Crippen molar-refractivity contribution in [3.63, 3.8) is 0 Å². The van der Waals surface area contributed by atoms with Crippen molar-refractivity contribution in [1.29, 1.82) is 0 Å². The quantitative estimate of drug-likeness (QED) is 0.625. The van der Waals surface area contributed by atoms with Gasteiger partial charge in [0, 0.05) is 11.9 Å². The first-order valence-electron chi connectivity index (χ1n) is 9.47. The smallest absolute Gasteiger partial charge is 0.254 e. The van der Waals surface area contributed by atoms with Gasteiger partial charge in [0.1, 0.15) is 5.75 Å². The lowest BCUT2D eigenvalue weighted by Crippen LogP contribution is -2.30. The molecule has 0 saturated heterocycles. The van der Waals surface area contributed by atoms with Gasteiger partial charge in [-0.25, -0.2) is 0 Å². The van der Waals surface area contributed by atoms with Crippen LogP contribution in [0.15, 0.2) is 54.9 Å². The van der Waals surface area contributed by atoms with E-state index in [0.29, 0.717) is 12.1 Å². The molecule has 3 aromatic rings. The summed E-state index contributed by atoms with van der Waals surface area (Å²) >= 11 is 0. The number of benzene rings is 2. The summed E-state index contributed by atoms with van der Waals surface area (Å²) in [6.07, 6.45) is 6.38. The zero-order chi connectivity index (χ0) is 19.5. The molecule has 1 atom stereocenters. The van der Waals surface area contributed by atoms with Gasteiger partial charge in [-0.15, -0.1) is 12.4 Å². The fraction of sp³-hybridized carbons (Fsp3) is 0.273. The zero-order valence-corrected chi connectivity index (χ0v) is 17.1. The third-order valence-electron chi connectivity index (χ3n) is 5.19. The number of halogens is 1. The summed E-state index contributed by atoms with van der Waals surface area (Å²) in [5, 5.41) is 7.49. The first-order chi connectivity index (χ1) is 13.6. The highest BCUT2D eigenvalue weighted by Crippen LogP contribution is 2.31. The van der Waals surface area contributed by atoms with Crippen LogP contribution in [0, 0.1) is 0 Å². The van der Waals surface area contributed by atoms with Crippen LogP contribution in [-0.4, -0.2) is 22.8 Å². The number of aromatic nitrogens is 2. The molecule has 0 spiro atoms. The van der Waals surface area contributed by atoms with Crippen molar-refractivity contribution in [2.75, 3.05) is 12.8 Å². The SMILES string of the molecule is COc1ccc(Cn2cc(C(=O)NC3CCCc4cc(N)ccc43)cn2)cc1.Cl. The molecule has 1 amide bonds. The molecule has 4 rings (SSSR count). The first kappa shape index (κ1) is 20.7. The van der Waals surface area contributed by atoms with Gasteiger partial charge in [-0.1, -0.05) is 18.2 Å². The predicted molar refractivity (Wildman–Crippen MR) is 116 cm³/mol. The number of nitrogens with two attached hydrogens (primary N) is 1. The Labute approximate surface area is 176 Å². The van der Waals surface area contributed by atoms with Crippen LogP contribution < -0.4 is 15.8 Å². The van der Waals surface area contributed by atoms with E-state index in [9.17, 15) is 4.79 Å². The molecule has 0 bridgehead atoms. The molecule has 3 N–H and O–H groups in total. The second kappa shape index (κ2) is 9.01. The highest BCUT2D eigenvalue weighted by Gasteiger charge is 2.23. The largest absolute Gasteiger partial charge is 0.497 e. The number of aryl methyl sites for hydroxylation is 1. The molecule has 1 aliphatic carbocycles. The lowest BCUT2D eigenvalue weighted by Gasteiger charge is -2.26. The van der Waals surface area contributed by atoms with E-state index in [4.69, 9.17) is 10.5 Å². The van der Waals surface area contributed by atoms with E-state index >= 15 is 0 Å². The standard InChI is InChI=1S/C22H24N4O2.ClH/c1-28-19-8-5-15(6-9-19)13-26-14-17(12-24-26)22(27)25-21-4-2-3-16-11-18(23)7-10-20(16)21;/h5-12,14,21H,2-4,13,23H2,1H3,(H,25,27);1H. The molecule has 7 heteroatoms. The van der Waals surface area contributed by atoms with E-state index in [-0.39, 0.29) is 24.4 Å². The van der Waals surface area contributed by atoms with E-state index in [1.165, 1.54) is 11.1 Å². The van der Waals surface area contributed by atoms with Crippen molar-refractivity contribution < 1.29 is 9.53 Å². The Hall–Kier alpha value is -2.99. The van der Waals surface area contributed by atoms with Crippen molar-refractivity contribution in [2.45, 2.75) is 31.8 Å². The number of carbonyl (C=O) groups excluding carboxylic acids is 1. The Balaban J connectivity index is 0.00000240. The summed E-state index contributed by atoms with van der Waals surface area (Å²) in [7, 11) is 1.65. The number of amides is 1. The van der Waals surface area contributed by atoms with Gasteiger partial charge in [0.25, 0.3) is 5.91 Å². The third kappa shape index (κ3) is 4.71. The number of nitrogens with zero attached hydrogens (tertiary/aromatic N) is 2. The monoisotopic (exact) mass is 412 g/mol. The topological polar surface area (TPSA) is 82.2 Å². The number of anilines is 1. The fourth-order valence-corrected chi connectivity index (χ4v) is 3.71.